The Bertz CT molecular complexity index is 450. The Morgan fingerprint density at radius 1 is 1.54 bits per heavy atom. The lowest BCUT2D eigenvalue weighted by atomic mass is 10.5. The van der Waals surface area contributed by atoms with Crippen molar-refractivity contribution < 1.29 is 9.53 Å². The summed E-state index contributed by atoms with van der Waals surface area (Å²) in [5, 5.41) is 3.91. The minimum Gasteiger partial charge on any atom is -0.479 e. The fraction of sp³-hybridized carbons (Fsp3) is 0.125. The van der Waals surface area contributed by atoms with Gasteiger partial charge in [-0.15, -0.1) is 0 Å². The molecule has 5 nitrogen and oxygen atoms in total. The molecule has 0 radical (unpaired) electrons. The van der Waals surface area contributed by atoms with Gasteiger partial charge >= 0.3 is 0 Å². The number of hydrogen-bond acceptors (Lipinski definition) is 4. The zero-order valence-electron chi connectivity index (χ0n) is 6.97. The number of hydrogen-bond donors (Lipinski definition) is 0. The van der Waals surface area contributed by atoms with E-state index in [1.54, 1.807) is 12.1 Å². The molecule has 0 aliphatic rings. The standard InChI is InChI=1S/C8H7N3O2/c1-13-8-7-3-2-6(4-12)11(7)10-5-9-8/h2-5H,1H3. The molecule has 0 fully saturated rings. The van der Waals surface area contributed by atoms with E-state index in [1.807, 2.05) is 0 Å². The second-order valence-corrected chi connectivity index (χ2v) is 2.44. The van der Waals surface area contributed by atoms with Crippen LogP contribution in [-0.2, 0) is 0 Å². The first-order valence-corrected chi connectivity index (χ1v) is 3.68. The van der Waals surface area contributed by atoms with Gasteiger partial charge in [-0.25, -0.2) is 4.52 Å². The zero-order valence-corrected chi connectivity index (χ0v) is 6.97. The number of carbonyl (C=O) groups is 1. The number of methoxy groups -OCH3 is 1. The number of nitrogens with zero attached hydrogens (tertiary/aromatic N) is 3. The van der Waals surface area contributed by atoms with E-state index in [2.05, 4.69) is 10.1 Å². The number of aldehydes is 1. The molecule has 0 aliphatic carbocycles. The maximum atomic E-state index is 10.6. The molecule has 0 aliphatic heterocycles. The van der Waals surface area contributed by atoms with Crippen molar-refractivity contribution in [1.82, 2.24) is 14.6 Å². The van der Waals surface area contributed by atoms with Gasteiger partial charge in [0.2, 0.25) is 5.88 Å². The molecular weight excluding hydrogens is 170 g/mol. The highest BCUT2D eigenvalue weighted by Crippen LogP contribution is 2.16. The SMILES string of the molecule is COc1ncnn2c(C=O)ccc12. The Hall–Kier alpha value is -1.91. The third-order valence-electron chi connectivity index (χ3n) is 1.76. The number of aromatic nitrogens is 3. The third-order valence-corrected chi connectivity index (χ3v) is 1.76. The predicted octanol–water partition coefficient (Wildman–Crippen LogP) is 0.550. The van der Waals surface area contributed by atoms with Crippen molar-refractivity contribution >= 4 is 11.8 Å². The van der Waals surface area contributed by atoms with Gasteiger partial charge in [0.1, 0.15) is 17.5 Å². The first-order chi connectivity index (χ1) is 6.36. The third kappa shape index (κ3) is 1.05. The summed E-state index contributed by atoms with van der Waals surface area (Å²) in [4.78, 5) is 14.5. The van der Waals surface area contributed by atoms with Crippen LogP contribution in [0.2, 0.25) is 0 Å². The summed E-state index contributed by atoms with van der Waals surface area (Å²) in [5.74, 6) is 0.461. The monoisotopic (exact) mass is 177 g/mol. The van der Waals surface area contributed by atoms with E-state index in [4.69, 9.17) is 4.74 Å². The quantitative estimate of drug-likeness (QED) is 0.628. The minimum absolute atomic E-state index is 0.461. The van der Waals surface area contributed by atoms with E-state index in [9.17, 15) is 4.79 Å². The van der Waals surface area contributed by atoms with Crippen molar-refractivity contribution in [3.05, 3.63) is 24.2 Å². The van der Waals surface area contributed by atoms with Gasteiger partial charge in [-0.1, -0.05) is 0 Å². The molecule has 66 valence electrons. The van der Waals surface area contributed by atoms with Crippen LogP contribution in [0.4, 0.5) is 0 Å². The number of rotatable bonds is 2. The van der Waals surface area contributed by atoms with Crippen LogP contribution in [0.1, 0.15) is 10.5 Å². The molecule has 2 aromatic rings. The average Bonchev–Trinajstić information content (AvgIpc) is 2.60. The number of fused-ring (bicyclic) bond motifs is 1. The van der Waals surface area contributed by atoms with Gasteiger partial charge in [0, 0.05) is 0 Å². The van der Waals surface area contributed by atoms with Gasteiger partial charge in [-0.05, 0) is 12.1 Å². The summed E-state index contributed by atoms with van der Waals surface area (Å²) < 4.78 is 6.48. The Morgan fingerprint density at radius 2 is 2.38 bits per heavy atom. The van der Waals surface area contributed by atoms with Crippen LogP contribution in [-0.4, -0.2) is 28.0 Å². The highest BCUT2D eigenvalue weighted by atomic mass is 16.5. The number of ether oxygens (including phenoxy) is 1. The van der Waals surface area contributed by atoms with E-state index < -0.39 is 0 Å². The Morgan fingerprint density at radius 3 is 3.08 bits per heavy atom. The van der Waals surface area contributed by atoms with Gasteiger partial charge in [0.15, 0.2) is 6.29 Å². The summed E-state index contributed by atoms with van der Waals surface area (Å²) in [5.41, 5.74) is 1.17. The predicted molar refractivity (Wildman–Crippen MR) is 44.9 cm³/mol. The lowest BCUT2D eigenvalue weighted by Crippen LogP contribution is -1.99. The van der Waals surface area contributed by atoms with Crippen LogP contribution in [0.3, 0.4) is 0 Å². The van der Waals surface area contributed by atoms with Crippen molar-refractivity contribution in [2.45, 2.75) is 0 Å². The van der Waals surface area contributed by atoms with E-state index in [-0.39, 0.29) is 0 Å². The Labute approximate surface area is 74.0 Å². The van der Waals surface area contributed by atoms with Crippen LogP contribution >= 0.6 is 0 Å². The van der Waals surface area contributed by atoms with Gasteiger partial charge in [0.05, 0.1) is 7.11 Å². The highest BCUT2D eigenvalue weighted by Gasteiger charge is 2.06. The van der Waals surface area contributed by atoms with Crippen LogP contribution in [0, 0.1) is 0 Å². The van der Waals surface area contributed by atoms with E-state index in [1.165, 1.54) is 18.0 Å². The van der Waals surface area contributed by atoms with Gasteiger partial charge in [-0.2, -0.15) is 10.1 Å². The second-order valence-electron chi connectivity index (χ2n) is 2.44. The van der Waals surface area contributed by atoms with E-state index in [0.29, 0.717) is 17.1 Å². The topological polar surface area (TPSA) is 56.5 Å². The molecule has 0 N–H and O–H groups in total. The van der Waals surface area contributed by atoms with Crippen LogP contribution in [0.5, 0.6) is 5.88 Å². The first kappa shape index (κ1) is 7.72. The average molecular weight is 177 g/mol. The molecule has 0 saturated carbocycles. The summed E-state index contributed by atoms with van der Waals surface area (Å²) >= 11 is 0. The van der Waals surface area contributed by atoms with Crippen molar-refractivity contribution in [2.75, 3.05) is 7.11 Å². The molecule has 0 amide bonds. The fourth-order valence-electron chi connectivity index (χ4n) is 1.18. The maximum absolute atomic E-state index is 10.6. The minimum atomic E-state index is 0.461. The van der Waals surface area contributed by atoms with Gasteiger partial charge in [0.25, 0.3) is 0 Å². The first-order valence-electron chi connectivity index (χ1n) is 3.68. The Balaban J connectivity index is 2.79. The van der Waals surface area contributed by atoms with E-state index in [0.717, 1.165) is 6.29 Å². The zero-order chi connectivity index (χ0) is 9.26. The van der Waals surface area contributed by atoms with Crippen molar-refractivity contribution in [3.63, 3.8) is 0 Å². The molecule has 0 aromatic carbocycles. The smallest absolute Gasteiger partial charge is 0.241 e. The maximum Gasteiger partial charge on any atom is 0.241 e. The molecular formula is C8H7N3O2. The molecule has 5 heteroatoms. The summed E-state index contributed by atoms with van der Waals surface area (Å²) in [7, 11) is 1.52. The van der Waals surface area contributed by atoms with Crippen LogP contribution in [0.25, 0.3) is 5.52 Å². The molecule has 0 atom stereocenters. The fourth-order valence-corrected chi connectivity index (χ4v) is 1.18. The van der Waals surface area contributed by atoms with E-state index >= 15 is 0 Å². The second kappa shape index (κ2) is 2.85. The molecule has 0 spiro atoms. The van der Waals surface area contributed by atoms with Gasteiger partial charge in [-0.3, -0.25) is 4.79 Å². The lowest BCUT2D eigenvalue weighted by Gasteiger charge is -2.00. The van der Waals surface area contributed by atoms with Crippen LogP contribution in [0.15, 0.2) is 18.5 Å². The summed E-state index contributed by atoms with van der Waals surface area (Å²) in [6, 6.07) is 3.40. The highest BCUT2D eigenvalue weighted by molar-refractivity contribution is 5.76. The van der Waals surface area contributed by atoms with Crippen molar-refractivity contribution in [1.29, 1.82) is 0 Å². The summed E-state index contributed by atoms with van der Waals surface area (Å²) in [6.45, 7) is 0. The molecule has 0 bridgehead atoms. The van der Waals surface area contributed by atoms with Gasteiger partial charge < -0.3 is 4.74 Å². The largest absolute Gasteiger partial charge is 0.479 e. The lowest BCUT2D eigenvalue weighted by molar-refractivity contribution is 0.111. The molecule has 2 heterocycles. The molecule has 2 aromatic heterocycles. The molecule has 0 saturated heterocycles. The normalized spacial score (nSPS) is 10.2. The van der Waals surface area contributed by atoms with Crippen molar-refractivity contribution in [2.24, 2.45) is 0 Å². The Kier molecular flexibility index (Phi) is 1.70. The van der Waals surface area contributed by atoms with Crippen molar-refractivity contribution in [3.8, 4) is 5.88 Å². The van der Waals surface area contributed by atoms with Crippen LogP contribution < -0.4 is 4.74 Å². The summed E-state index contributed by atoms with van der Waals surface area (Å²) in [6.07, 6.45) is 2.08. The molecule has 0 unspecified atom stereocenters. The number of carbonyl (C=O) groups excluding carboxylic acids is 1. The molecule has 13 heavy (non-hydrogen) atoms. The molecule has 2 rings (SSSR count).